The summed E-state index contributed by atoms with van der Waals surface area (Å²) in [5.74, 6) is 0.261. The van der Waals surface area contributed by atoms with Crippen LogP contribution in [-0.4, -0.2) is 44.3 Å². The Morgan fingerprint density at radius 2 is 1.93 bits per heavy atom. The fourth-order valence-corrected chi connectivity index (χ4v) is 4.97. The third kappa shape index (κ3) is 5.06. The molecule has 1 aromatic carbocycles. The van der Waals surface area contributed by atoms with Crippen molar-refractivity contribution >= 4 is 23.1 Å². The van der Waals surface area contributed by atoms with Gasteiger partial charge < -0.3 is 23.9 Å². The fraction of sp³-hybridized carbons (Fsp3) is 0.323. The molecular weight excluding hydrogens is 510 g/mol. The molecule has 1 atom stereocenters. The van der Waals surface area contributed by atoms with E-state index in [9.17, 15) is 14.7 Å². The number of aliphatic hydroxyl groups excluding tert-OH is 1. The lowest BCUT2D eigenvalue weighted by Crippen LogP contribution is -2.29. The van der Waals surface area contributed by atoms with E-state index in [-0.39, 0.29) is 17.9 Å². The summed E-state index contributed by atoms with van der Waals surface area (Å²) in [4.78, 5) is 32.9. The van der Waals surface area contributed by atoms with Crippen LogP contribution in [0.15, 0.2) is 71.0 Å². The fourth-order valence-electron chi connectivity index (χ4n) is 4.97. The minimum atomic E-state index is -0.900. The minimum absolute atomic E-state index is 0.0266. The van der Waals surface area contributed by atoms with Gasteiger partial charge in [0.2, 0.25) is 0 Å². The van der Waals surface area contributed by atoms with Gasteiger partial charge in [0.15, 0.2) is 17.3 Å². The Morgan fingerprint density at radius 1 is 1.10 bits per heavy atom. The maximum absolute atomic E-state index is 13.6. The minimum Gasteiger partial charge on any atom is -0.505 e. The van der Waals surface area contributed by atoms with E-state index in [0.717, 1.165) is 6.42 Å². The molecule has 3 aromatic heterocycles. The Labute approximate surface area is 232 Å². The number of nitrogens with zero attached hydrogens (tertiary/aromatic N) is 3. The van der Waals surface area contributed by atoms with Crippen LogP contribution in [0.3, 0.4) is 0 Å². The van der Waals surface area contributed by atoms with Crippen LogP contribution in [0.1, 0.15) is 55.9 Å². The Bertz CT molecular complexity index is 1570. The Morgan fingerprint density at radius 3 is 2.65 bits per heavy atom. The maximum atomic E-state index is 13.6. The topological polar surface area (TPSA) is 107 Å². The first-order valence-electron chi connectivity index (χ1n) is 13.4. The van der Waals surface area contributed by atoms with Crippen LogP contribution in [0.4, 0.5) is 0 Å². The highest BCUT2D eigenvalue weighted by Crippen LogP contribution is 2.43. The van der Waals surface area contributed by atoms with E-state index in [4.69, 9.17) is 13.9 Å². The maximum Gasteiger partial charge on any atom is 0.296 e. The quantitative estimate of drug-likeness (QED) is 0.156. The summed E-state index contributed by atoms with van der Waals surface area (Å²) in [5.41, 5.74) is 2.07. The van der Waals surface area contributed by atoms with Crippen molar-refractivity contribution in [1.82, 2.24) is 14.3 Å². The van der Waals surface area contributed by atoms with Gasteiger partial charge in [0.05, 0.1) is 43.3 Å². The van der Waals surface area contributed by atoms with E-state index in [1.807, 2.05) is 25.1 Å². The monoisotopic (exact) mass is 543 g/mol. The summed E-state index contributed by atoms with van der Waals surface area (Å²) in [6, 6.07) is 13.4. The molecule has 1 aliphatic rings. The number of hydrogen-bond donors (Lipinski definition) is 1. The van der Waals surface area contributed by atoms with E-state index < -0.39 is 17.7 Å². The van der Waals surface area contributed by atoms with Crippen LogP contribution in [-0.2, 0) is 16.1 Å². The molecule has 4 heterocycles. The number of benzene rings is 1. The molecule has 1 unspecified atom stereocenters. The lowest BCUT2D eigenvalue weighted by atomic mass is 9.95. The van der Waals surface area contributed by atoms with Crippen molar-refractivity contribution in [2.24, 2.45) is 5.92 Å². The van der Waals surface area contributed by atoms with Crippen molar-refractivity contribution in [3.63, 3.8) is 0 Å². The van der Waals surface area contributed by atoms with E-state index in [1.54, 1.807) is 47.9 Å². The number of amides is 1. The van der Waals surface area contributed by atoms with Crippen LogP contribution < -0.4 is 9.47 Å². The van der Waals surface area contributed by atoms with Crippen LogP contribution >= 0.6 is 0 Å². The van der Waals surface area contributed by atoms with E-state index in [0.29, 0.717) is 59.0 Å². The van der Waals surface area contributed by atoms with Crippen molar-refractivity contribution in [3.05, 3.63) is 89.3 Å². The van der Waals surface area contributed by atoms with Crippen LogP contribution in [0.25, 0.3) is 11.4 Å². The zero-order chi connectivity index (χ0) is 28.4. The summed E-state index contributed by atoms with van der Waals surface area (Å²) in [6.45, 7) is 8.86. The third-order valence-corrected chi connectivity index (χ3v) is 6.91. The van der Waals surface area contributed by atoms with Gasteiger partial charge in [-0.15, -0.1) is 0 Å². The largest absolute Gasteiger partial charge is 0.505 e. The average Bonchev–Trinajstić information content (AvgIpc) is 3.62. The molecule has 0 saturated carbocycles. The van der Waals surface area contributed by atoms with Gasteiger partial charge in [-0.2, -0.15) is 0 Å². The second-order valence-corrected chi connectivity index (χ2v) is 10.2. The highest BCUT2D eigenvalue weighted by Gasteiger charge is 2.47. The molecule has 0 radical (unpaired) electrons. The number of carbonyl (C=O) groups excluding carboxylic acids is 2. The predicted octanol–water partition coefficient (Wildman–Crippen LogP) is 5.68. The van der Waals surface area contributed by atoms with E-state index >= 15 is 0 Å². The molecule has 9 nitrogen and oxygen atoms in total. The zero-order valence-electron chi connectivity index (χ0n) is 23.1. The number of carbonyl (C=O) groups is 2. The highest BCUT2D eigenvalue weighted by molar-refractivity contribution is 6.46. The molecule has 1 fully saturated rings. The van der Waals surface area contributed by atoms with Gasteiger partial charge in [-0.25, -0.2) is 4.98 Å². The standard InChI is InChI=1S/C31H33N3O6/c1-5-38-24-17-21(11-12-23(24)40-16-13-19(2)3)28-26(30(36)31(37)34(28)18-22-9-8-15-39-22)29(35)27-20(4)32-25-10-6-7-14-33(25)27/h6-12,14-15,17,19,28,35H,5,13,16,18H2,1-4H3/b29-26+. The Kier molecular flexibility index (Phi) is 7.64. The molecule has 0 bridgehead atoms. The SMILES string of the molecule is CCOc1cc(C2/C(=C(\O)c3c(C)nc4ccccn34)C(=O)C(=O)N2Cc2ccco2)ccc1OCCC(C)C. The summed E-state index contributed by atoms with van der Waals surface area (Å²) in [6.07, 6.45) is 4.16. The van der Waals surface area contributed by atoms with Crippen molar-refractivity contribution in [1.29, 1.82) is 0 Å². The smallest absolute Gasteiger partial charge is 0.296 e. The predicted molar refractivity (Wildman–Crippen MR) is 149 cm³/mol. The van der Waals surface area contributed by atoms with Gasteiger partial charge in [0.1, 0.15) is 17.1 Å². The Balaban J connectivity index is 1.65. The molecule has 0 spiro atoms. The highest BCUT2D eigenvalue weighted by atomic mass is 16.5. The number of hydrogen-bond acceptors (Lipinski definition) is 7. The number of ketones is 1. The van der Waals surface area contributed by atoms with Gasteiger partial charge in [-0.3, -0.25) is 14.0 Å². The number of aromatic nitrogens is 2. The number of aryl methyl sites for hydroxylation is 1. The number of pyridine rings is 1. The molecule has 1 aliphatic heterocycles. The van der Waals surface area contributed by atoms with E-state index in [2.05, 4.69) is 18.8 Å². The first-order valence-corrected chi connectivity index (χ1v) is 13.4. The zero-order valence-corrected chi connectivity index (χ0v) is 23.1. The third-order valence-electron chi connectivity index (χ3n) is 6.91. The molecule has 1 saturated heterocycles. The number of rotatable bonds is 10. The van der Waals surface area contributed by atoms with Crippen molar-refractivity contribution in [2.45, 2.75) is 46.7 Å². The summed E-state index contributed by atoms with van der Waals surface area (Å²) in [5, 5.41) is 11.7. The number of ether oxygens (including phenoxy) is 2. The van der Waals surface area contributed by atoms with Crippen molar-refractivity contribution in [2.75, 3.05) is 13.2 Å². The second kappa shape index (κ2) is 11.3. The van der Waals surface area contributed by atoms with Crippen LogP contribution in [0.5, 0.6) is 11.5 Å². The molecule has 5 rings (SSSR count). The van der Waals surface area contributed by atoms with E-state index in [1.165, 1.54) is 11.2 Å². The van der Waals surface area contributed by atoms with Gasteiger partial charge in [-0.1, -0.05) is 26.0 Å². The van der Waals surface area contributed by atoms with Crippen LogP contribution in [0, 0.1) is 12.8 Å². The molecule has 9 heteroatoms. The summed E-state index contributed by atoms with van der Waals surface area (Å²) >= 11 is 0. The molecule has 208 valence electrons. The number of Topliss-reactive ketones (excluding diaryl/α,β-unsaturated/α-hetero) is 1. The van der Waals surface area contributed by atoms with Crippen molar-refractivity contribution in [3.8, 4) is 11.5 Å². The Hall–Kier alpha value is -4.53. The number of furan rings is 1. The molecular formula is C31H33N3O6. The number of likely N-dealkylation sites (tertiary alicyclic amines) is 1. The lowest BCUT2D eigenvalue weighted by molar-refractivity contribution is -0.140. The number of fused-ring (bicyclic) bond motifs is 1. The molecule has 40 heavy (non-hydrogen) atoms. The first kappa shape index (κ1) is 27.1. The molecule has 1 N–H and O–H groups in total. The van der Waals surface area contributed by atoms with Crippen LogP contribution in [0.2, 0.25) is 0 Å². The summed E-state index contributed by atoms with van der Waals surface area (Å²) < 4.78 is 19.1. The summed E-state index contributed by atoms with van der Waals surface area (Å²) in [7, 11) is 0. The second-order valence-electron chi connectivity index (χ2n) is 10.2. The van der Waals surface area contributed by atoms with Crippen molar-refractivity contribution < 1.29 is 28.6 Å². The normalized spacial score (nSPS) is 16.8. The molecule has 4 aromatic rings. The number of aliphatic hydroxyl groups is 1. The number of imidazole rings is 1. The van der Waals surface area contributed by atoms with Gasteiger partial charge >= 0.3 is 0 Å². The van der Waals surface area contributed by atoms with Gasteiger partial charge in [0, 0.05) is 6.20 Å². The van der Waals surface area contributed by atoms with Gasteiger partial charge in [-0.05, 0) is 68.1 Å². The average molecular weight is 544 g/mol. The van der Waals surface area contributed by atoms with Gasteiger partial charge in [0.25, 0.3) is 11.7 Å². The molecule has 0 aliphatic carbocycles. The first-order chi connectivity index (χ1) is 19.3. The lowest BCUT2D eigenvalue weighted by Gasteiger charge is -2.25. The molecule has 1 amide bonds.